The first kappa shape index (κ1) is 12.3. The zero-order valence-corrected chi connectivity index (χ0v) is 9.73. The van der Waals surface area contributed by atoms with Crippen molar-refractivity contribution in [3.63, 3.8) is 0 Å². The minimum Gasteiger partial charge on any atom is -0.352 e. The Morgan fingerprint density at radius 2 is 2.00 bits per heavy atom. The van der Waals surface area contributed by atoms with Crippen molar-refractivity contribution in [2.75, 3.05) is 0 Å². The lowest BCUT2D eigenvalue weighted by Gasteiger charge is -2.14. The van der Waals surface area contributed by atoms with Crippen LogP contribution in [0.25, 0.3) is 0 Å². The summed E-state index contributed by atoms with van der Waals surface area (Å²) in [6, 6.07) is 9.82. The molecule has 1 aromatic carbocycles. The number of carbonyl (C=O) groups is 1. The Kier molecular flexibility index (Phi) is 4.60. The zero-order chi connectivity index (χ0) is 12.0. The lowest BCUT2D eigenvalue weighted by molar-refractivity contribution is -0.125. The van der Waals surface area contributed by atoms with Crippen LogP contribution in [-0.2, 0) is 11.3 Å². The van der Waals surface area contributed by atoms with Gasteiger partial charge in [0.15, 0.2) is 0 Å². The molecule has 0 aliphatic heterocycles. The van der Waals surface area contributed by atoms with Crippen LogP contribution in [0.4, 0.5) is 0 Å². The monoisotopic (exact) mass is 215 g/mol. The van der Waals surface area contributed by atoms with Crippen molar-refractivity contribution in [2.24, 2.45) is 11.8 Å². The quantitative estimate of drug-likeness (QED) is 0.766. The van der Waals surface area contributed by atoms with E-state index in [2.05, 4.69) is 11.2 Å². The topological polar surface area (TPSA) is 29.1 Å². The van der Waals surface area contributed by atoms with E-state index in [-0.39, 0.29) is 17.7 Å². The highest BCUT2D eigenvalue weighted by molar-refractivity contribution is 5.78. The van der Waals surface area contributed by atoms with E-state index in [1.54, 1.807) is 0 Å². The first-order valence-corrected chi connectivity index (χ1v) is 5.43. The summed E-state index contributed by atoms with van der Waals surface area (Å²) in [6.45, 7) is 4.29. The number of amides is 1. The van der Waals surface area contributed by atoms with Gasteiger partial charge in [0.05, 0.1) is 0 Å². The molecule has 0 aromatic heterocycles. The molecule has 0 heterocycles. The normalized spacial score (nSPS) is 13.6. The van der Waals surface area contributed by atoms with Gasteiger partial charge in [0.2, 0.25) is 5.91 Å². The molecular formula is C14H17NO. The van der Waals surface area contributed by atoms with Crippen molar-refractivity contribution < 1.29 is 4.79 Å². The van der Waals surface area contributed by atoms with Crippen molar-refractivity contribution in [2.45, 2.75) is 20.4 Å². The molecule has 1 rings (SSSR count). The van der Waals surface area contributed by atoms with Gasteiger partial charge in [-0.15, -0.1) is 12.3 Å². The van der Waals surface area contributed by atoms with Gasteiger partial charge in [0, 0.05) is 18.4 Å². The standard InChI is InChI=1S/C14H17NO/c1-4-11(2)12(3)14(16)15-10-13-8-6-5-7-9-13/h1,5-9,11-12H,10H2,2-3H3,(H,15,16)/t11-,12+/m1/s1. The first-order chi connectivity index (χ1) is 7.65. The summed E-state index contributed by atoms with van der Waals surface area (Å²) in [5.74, 6) is 2.42. The molecule has 2 heteroatoms. The van der Waals surface area contributed by atoms with Crippen molar-refractivity contribution in [3.8, 4) is 12.3 Å². The number of benzene rings is 1. The van der Waals surface area contributed by atoms with Crippen LogP contribution in [0, 0.1) is 24.2 Å². The van der Waals surface area contributed by atoms with Crippen LogP contribution in [0.15, 0.2) is 30.3 Å². The maximum Gasteiger partial charge on any atom is 0.224 e. The third-order valence-electron chi connectivity index (χ3n) is 2.74. The molecule has 16 heavy (non-hydrogen) atoms. The van der Waals surface area contributed by atoms with Gasteiger partial charge in [-0.3, -0.25) is 4.79 Å². The van der Waals surface area contributed by atoms with Crippen LogP contribution >= 0.6 is 0 Å². The molecule has 0 fully saturated rings. The van der Waals surface area contributed by atoms with E-state index in [1.807, 2.05) is 44.2 Å². The largest absolute Gasteiger partial charge is 0.352 e. The molecule has 1 amide bonds. The maximum atomic E-state index is 11.7. The summed E-state index contributed by atoms with van der Waals surface area (Å²) in [5, 5.41) is 2.88. The summed E-state index contributed by atoms with van der Waals surface area (Å²) in [4.78, 5) is 11.7. The Morgan fingerprint density at radius 1 is 1.38 bits per heavy atom. The van der Waals surface area contributed by atoms with Crippen LogP contribution in [-0.4, -0.2) is 5.91 Å². The molecule has 0 unspecified atom stereocenters. The molecule has 0 radical (unpaired) electrons. The van der Waals surface area contributed by atoms with Gasteiger partial charge < -0.3 is 5.32 Å². The molecular weight excluding hydrogens is 198 g/mol. The highest BCUT2D eigenvalue weighted by Crippen LogP contribution is 2.09. The predicted molar refractivity (Wildman–Crippen MR) is 65.4 cm³/mol. The molecule has 1 N–H and O–H groups in total. The highest BCUT2D eigenvalue weighted by Gasteiger charge is 2.17. The van der Waals surface area contributed by atoms with Gasteiger partial charge >= 0.3 is 0 Å². The highest BCUT2D eigenvalue weighted by atomic mass is 16.1. The van der Waals surface area contributed by atoms with Gasteiger partial charge in [-0.25, -0.2) is 0 Å². The molecule has 0 saturated carbocycles. The molecule has 1 aromatic rings. The predicted octanol–water partition coefficient (Wildman–Crippen LogP) is 2.21. The van der Waals surface area contributed by atoms with E-state index in [4.69, 9.17) is 6.42 Å². The van der Waals surface area contributed by atoms with Crippen molar-refractivity contribution in [1.29, 1.82) is 0 Å². The fourth-order valence-electron chi connectivity index (χ4n) is 1.32. The van der Waals surface area contributed by atoms with Crippen molar-refractivity contribution in [1.82, 2.24) is 5.32 Å². The first-order valence-electron chi connectivity index (χ1n) is 5.43. The summed E-state index contributed by atoms with van der Waals surface area (Å²) in [7, 11) is 0. The zero-order valence-electron chi connectivity index (χ0n) is 9.73. The summed E-state index contributed by atoms with van der Waals surface area (Å²) in [6.07, 6.45) is 5.29. The van der Waals surface area contributed by atoms with Gasteiger partial charge in [-0.05, 0) is 5.56 Å². The van der Waals surface area contributed by atoms with E-state index < -0.39 is 0 Å². The summed E-state index contributed by atoms with van der Waals surface area (Å²) in [5.41, 5.74) is 1.09. The maximum absolute atomic E-state index is 11.7. The van der Waals surface area contributed by atoms with Crippen LogP contribution in [0.5, 0.6) is 0 Å². The lowest BCUT2D eigenvalue weighted by Crippen LogP contribution is -2.31. The number of hydrogen-bond acceptors (Lipinski definition) is 1. The minimum absolute atomic E-state index is 0.00861. The van der Waals surface area contributed by atoms with E-state index >= 15 is 0 Å². The molecule has 0 saturated heterocycles. The fraction of sp³-hybridized carbons (Fsp3) is 0.357. The molecule has 2 nitrogen and oxygen atoms in total. The number of rotatable bonds is 4. The van der Waals surface area contributed by atoms with Gasteiger partial charge in [0.1, 0.15) is 0 Å². The van der Waals surface area contributed by atoms with E-state index in [0.717, 1.165) is 5.56 Å². The molecule has 2 atom stereocenters. The summed E-state index contributed by atoms with van der Waals surface area (Å²) < 4.78 is 0. The van der Waals surface area contributed by atoms with Crippen molar-refractivity contribution >= 4 is 5.91 Å². The second-order valence-electron chi connectivity index (χ2n) is 3.95. The third-order valence-corrected chi connectivity index (χ3v) is 2.74. The number of carbonyl (C=O) groups excluding carboxylic acids is 1. The molecule has 0 spiro atoms. The molecule has 84 valence electrons. The number of hydrogen-bond donors (Lipinski definition) is 1. The Labute approximate surface area is 97.1 Å². The Hall–Kier alpha value is -1.75. The smallest absolute Gasteiger partial charge is 0.224 e. The van der Waals surface area contributed by atoms with Gasteiger partial charge in [0.25, 0.3) is 0 Å². The van der Waals surface area contributed by atoms with Crippen LogP contribution in [0.2, 0.25) is 0 Å². The minimum atomic E-state index is -0.145. The van der Waals surface area contributed by atoms with Crippen molar-refractivity contribution in [3.05, 3.63) is 35.9 Å². The van der Waals surface area contributed by atoms with E-state index in [1.165, 1.54) is 0 Å². The SMILES string of the molecule is C#C[C@@H](C)[C@H](C)C(=O)NCc1ccccc1. The Balaban J connectivity index is 2.45. The molecule has 0 aliphatic carbocycles. The second-order valence-corrected chi connectivity index (χ2v) is 3.95. The van der Waals surface area contributed by atoms with E-state index in [0.29, 0.717) is 6.54 Å². The van der Waals surface area contributed by atoms with Gasteiger partial charge in [-0.1, -0.05) is 44.2 Å². The fourth-order valence-corrected chi connectivity index (χ4v) is 1.32. The summed E-state index contributed by atoms with van der Waals surface area (Å²) >= 11 is 0. The van der Waals surface area contributed by atoms with Crippen LogP contribution in [0.1, 0.15) is 19.4 Å². The average molecular weight is 215 g/mol. The Morgan fingerprint density at radius 3 is 2.56 bits per heavy atom. The second kappa shape index (κ2) is 5.97. The third kappa shape index (κ3) is 3.43. The molecule has 0 bridgehead atoms. The Bertz CT molecular complexity index is 377. The number of terminal acetylenes is 1. The van der Waals surface area contributed by atoms with E-state index in [9.17, 15) is 4.79 Å². The molecule has 0 aliphatic rings. The average Bonchev–Trinajstić information content (AvgIpc) is 2.35. The van der Waals surface area contributed by atoms with Crippen LogP contribution in [0.3, 0.4) is 0 Å². The lowest BCUT2D eigenvalue weighted by atomic mass is 9.96. The van der Waals surface area contributed by atoms with Crippen LogP contribution < -0.4 is 5.32 Å². The number of nitrogens with one attached hydrogen (secondary N) is 1. The van der Waals surface area contributed by atoms with Gasteiger partial charge in [-0.2, -0.15) is 0 Å².